The van der Waals surface area contributed by atoms with E-state index in [2.05, 4.69) is 10.3 Å². The molecule has 9 heteroatoms. The number of nitrogens with zero attached hydrogens (tertiary/aromatic N) is 3. The summed E-state index contributed by atoms with van der Waals surface area (Å²) in [4.78, 5) is 45.4. The lowest BCUT2D eigenvalue weighted by Crippen LogP contribution is -2.64. The standard InChI is InChI=1S/C25H32N4O5/c1-25(24(32)27-18-10-6-4-5-7-11-18)15-28-16-26-20(23(31)34-3)21(28)22(30)29(25)14-17-9-8-12-19(13-17)33-2/h8-9,12-13,16,18H,4-7,10-11,14-15H2,1-3H3,(H,27,32)/t25-/m0/s1. The zero-order chi connectivity index (χ0) is 24.3. The number of hydrogen-bond acceptors (Lipinski definition) is 6. The van der Waals surface area contributed by atoms with Crippen molar-refractivity contribution >= 4 is 17.8 Å². The second kappa shape index (κ2) is 9.87. The number of carbonyl (C=O) groups excluding carboxylic acids is 3. The Hall–Kier alpha value is -3.36. The van der Waals surface area contributed by atoms with Crippen molar-refractivity contribution in [1.82, 2.24) is 19.8 Å². The van der Waals surface area contributed by atoms with Gasteiger partial charge in [0.1, 0.15) is 17.0 Å². The molecule has 1 saturated carbocycles. The molecular weight excluding hydrogens is 436 g/mol. The van der Waals surface area contributed by atoms with E-state index in [9.17, 15) is 14.4 Å². The minimum atomic E-state index is -1.17. The Kier molecular flexibility index (Phi) is 6.90. The molecule has 1 fully saturated rings. The average Bonchev–Trinajstić information content (AvgIpc) is 3.09. The first-order chi connectivity index (χ1) is 16.4. The highest BCUT2D eigenvalue weighted by Crippen LogP contribution is 2.32. The van der Waals surface area contributed by atoms with Crippen LogP contribution in [-0.4, -0.2) is 58.0 Å². The lowest BCUT2D eigenvalue weighted by Gasteiger charge is -2.44. The fourth-order valence-electron chi connectivity index (χ4n) is 4.90. The summed E-state index contributed by atoms with van der Waals surface area (Å²) >= 11 is 0. The van der Waals surface area contributed by atoms with E-state index in [0.29, 0.717) is 5.75 Å². The molecule has 1 aromatic heterocycles. The maximum atomic E-state index is 13.8. The molecule has 0 bridgehead atoms. The molecule has 2 aromatic rings. The van der Waals surface area contributed by atoms with Crippen LogP contribution in [0.15, 0.2) is 30.6 Å². The molecule has 9 nitrogen and oxygen atoms in total. The van der Waals surface area contributed by atoms with Crippen LogP contribution in [0.3, 0.4) is 0 Å². The maximum Gasteiger partial charge on any atom is 0.359 e. The van der Waals surface area contributed by atoms with Crippen molar-refractivity contribution in [2.24, 2.45) is 0 Å². The molecule has 34 heavy (non-hydrogen) atoms. The van der Waals surface area contributed by atoms with E-state index in [1.807, 2.05) is 24.3 Å². The van der Waals surface area contributed by atoms with Crippen LogP contribution in [-0.2, 0) is 22.6 Å². The van der Waals surface area contributed by atoms with Gasteiger partial charge in [-0.1, -0.05) is 37.8 Å². The number of ether oxygens (including phenoxy) is 2. The SMILES string of the molecule is COC(=O)c1ncn2c1C(=O)N(Cc1cccc(OC)c1)[C@](C)(C(=O)NC1CCCCCC1)C2. The summed E-state index contributed by atoms with van der Waals surface area (Å²) in [6.07, 6.45) is 7.84. The van der Waals surface area contributed by atoms with Crippen LogP contribution in [0.25, 0.3) is 0 Å². The van der Waals surface area contributed by atoms with E-state index in [0.717, 1.165) is 31.2 Å². The predicted octanol–water partition coefficient (Wildman–Crippen LogP) is 2.93. The summed E-state index contributed by atoms with van der Waals surface area (Å²) in [7, 11) is 2.83. The lowest BCUT2D eigenvalue weighted by molar-refractivity contribution is -0.134. The van der Waals surface area contributed by atoms with Gasteiger partial charge in [-0.2, -0.15) is 0 Å². The molecule has 182 valence electrons. The first-order valence-electron chi connectivity index (χ1n) is 11.8. The molecule has 1 aliphatic carbocycles. The predicted molar refractivity (Wildman–Crippen MR) is 124 cm³/mol. The number of nitrogens with one attached hydrogen (secondary N) is 1. The van der Waals surface area contributed by atoms with Crippen LogP contribution < -0.4 is 10.1 Å². The van der Waals surface area contributed by atoms with Gasteiger partial charge < -0.3 is 24.3 Å². The highest BCUT2D eigenvalue weighted by atomic mass is 16.5. The number of methoxy groups -OCH3 is 2. The number of aromatic nitrogens is 2. The van der Waals surface area contributed by atoms with Gasteiger partial charge in [0, 0.05) is 12.6 Å². The van der Waals surface area contributed by atoms with E-state index in [4.69, 9.17) is 9.47 Å². The van der Waals surface area contributed by atoms with Gasteiger partial charge in [-0.15, -0.1) is 0 Å². The van der Waals surface area contributed by atoms with E-state index in [1.54, 1.807) is 18.6 Å². The smallest absolute Gasteiger partial charge is 0.359 e. The first-order valence-corrected chi connectivity index (χ1v) is 11.8. The zero-order valence-corrected chi connectivity index (χ0v) is 20.0. The summed E-state index contributed by atoms with van der Waals surface area (Å²) in [5.41, 5.74) is -0.272. The summed E-state index contributed by atoms with van der Waals surface area (Å²) < 4.78 is 11.7. The Bertz CT molecular complexity index is 1070. The third kappa shape index (κ3) is 4.51. The number of carbonyl (C=O) groups is 3. The third-order valence-electron chi connectivity index (χ3n) is 6.89. The van der Waals surface area contributed by atoms with Crippen molar-refractivity contribution < 1.29 is 23.9 Å². The van der Waals surface area contributed by atoms with E-state index < -0.39 is 17.4 Å². The van der Waals surface area contributed by atoms with Gasteiger partial charge in [0.15, 0.2) is 5.69 Å². The second-order valence-electron chi connectivity index (χ2n) is 9.24. The molecule has 1 aliphatic heterocycles. The van der Waals surface area contributed by atoms with E-state index in [1.165, 1.54) is 31.2 Å². The van der Waals surface area contributed by atoms with Gasteiger partial charge in [0.25, 0.3) is 5.91 Å². The molecule has 2 amide bonds. The molecule has 1 aromatic carbocycles. The minimum absolute atomic E-state index is 0.0469. The minimum Gasteiger partial charge on any atom is -0.497 e. The van der Waals surface area contributed by atoms with Crippen molar-refractivity contribution in [3.05, 3.63) is 47.5 Å². The highest BCUT2D eigenvalue weighted by Gasteiger charge is 2.49. The van der Waals surface area contributed by atoms with Crippen LogP contribution in [0.1, 0.15) is 72.0 Å². The zero-order valence-electron chi connectivity index (χ0n) is 20.0. The van der Waals surface area contributed by atoms with Crippen LogP contribution in [0.2, 0.25) is 0 Å². The van der Waals surface area contributed by atoms with Crippen molar-refractivity contribution in [3.8, 4) is 5.75 Å². The fourth-order valence-corrected chi connectivity index (χ4v) is 4.90. The normalized spacial score (nSPS) is 20.9. The van der Waals surface area contributed by atoms with Gasteiger partial charge in [-0.3, -0.25) is 9.59 Å². The van der Waals surface area contributed by atoms with Gasteiger partial charge >= 0.3 is 5.97 Å². The monoisotopic (exact) mass is 468 g/mol. The van der Waals surface area contributed by atoms with Crippen LogP contribution >= 0.6 is 0 Å². The quantitative estimate of drug-likeness (QED) is 0.517. The Labute approximate surface area is 199 Å². The van der Waals surface area contributed by atoms with Gasteiger partial charge in [-0.05, 0) is 37.5 Å². The molecule has 0 saturated heterocycles. The summed E-state index contributed by atoms with van der Waals surface area (Å²) in [5, 5.41) is 3.22. The van der Waals surface area contributed by atoms with Crippen molar-refractivity contribution in [2.75, 3.05) is 14.2 Å². The van der Waals surface area contributed by atoms with E-state index in [-0.39, 0.29) is 36.4 Å². The fraction of sp³-hybridized carbons (Fsp3) is 0.520. The summed E-state index contributed by atoms with van der Waals surface area (Å²) in [6, 6.07) is 7.48. The van der Waals surface area contributed by atoms with Crippen molar-refractivity contribution in [2.45, 2.75) is 70.1 Å². The second-order valence-corrected chi connectivity index (χ2v) is 9.24. The molecule has 4 rings (SSSR count). The molecule has 2 heterocycles. The average molecular weight is 469 g/mol. The summed E-state index contributed by atoms with van der Waals surface area (Å²) in [5.74, 6) is -0.665. The van der Waals surface area contributed by atoms with Crippen molar-refractivity contribution in [3.63, 3.8) is 0 Å². The number of imidazole rings is 1. The van der Waals surface area contributed by atoms with Gasteiger partial charge in [-0.25, -0.2) is 9.78 Å². The Balaban J connectivity index is 1.70. The molecule has 0 unspecified atom stereocenters. The lowest BCUT2D eigenvalue weighted by atomic mass is 9.92. The molecular formula is C25H32N4O5. The van der Waals surface area contributed by atoms with Crippen LogP contribution in [0.4, 0.5) is 0 Å². The number of amides is 2. The Morgan fingerprint density at radius 1 is 1.18 bits per heavy atom. The van der Waals surface area contributed by atoms with Gasteiger partial charge in [0.2, 0.25) is 5.91 Å². The Morgan fingerprint density at radius 3 is 2.59 bits per heavy atom. The molecule has 0 spiro atoms. The van der Waals surface area contributed by atoms with Crippen molar-refractivity contribution in [1.29, 1.82) is 0 Å². The van der Waals surface area contributed by atoms with Crippen LogP contribution in [0, 0.1) is 0 Å². The third-order valence-corrected chi connectivity index (χ3v) is 6.89. The van der Waals surface area contributed by atoms with Crippen LogP contribution in [0.5, 0.6) is 5.75 Å². The molecule has 1 N–H and O–H groups in total. The largest absolute Gasteiger partial charge is 0.497 e. The number of rotatable bonds is 6. The van der Waals surface area contributed by atoms with E-state index >= 15 is 0 Å². The molecule has 1 atom stereocenters. The Morgan fingerprint density at radius 2 is 1.91 bits per heavy atom. The van der Waals surface area contributed by atoms with Gasteiger partial charge in [0.05, 0.1) is 27.1 Å². The maximum absolute atomic E-state index is 13.8. The molecule has 0 radical (unpaired) electrons. The molecule has 2 aliphatic rings. The number of fused-ring (bicyclic) bond motifs is 1. The topological polar surface area (TPSA) is 103 Å². The highest BCUT2D eigenvalue weighted by molar-refractivity contribution is 6.06. The number of esters is 1. The first kappa shape index (κ1) is 23.8. The number of hydrogen-bond donors (Lipinski definition) is 1. The number of benzene rings is 1. The summed E-state index contributed by atoms with van der Waals surface area (Å²) in [6.45, 7) is 2.13.